The lowest BCUT2D eigenvalue weighted by Gasteiger charge is -2.22. The number of amides is 3. The summed E-state index contributed by atoms with van der Waals surface area (Å²) in [4.78, 5) is 57.7. The summed E-state index contributed by atoms with van der Waals surface area (Å²) in [6.45, 7) is 5.99. The third-order valence-corrected chi connectivity index (χ3v) is 3.51. The molecule has 0 spiro atoms. The zero-order valence-corrected chi connectivity index (χ0v) is 15.1. The SMILES string of the molecule is CC(C)[C@H](N)C(=O)N[C@@H](C)C(=O)N[C@@H](CC(=O)O)C(=O)N[C@@H](C)C(=O)O. The van der Waals surface area contributed by atoms with E-state index in [0.717, 1.165) is 0 Å². The lowest BCUT2D eigenvalue weighted by atomic mass is 10.0. The van der Waals surface area contributed by atoms with Crippen molar-refractivity contribution in [3.05, 3.63) is 0 Å². The van der Waals surface area contributed by atoms with Crippen LogP contribution in [0.15, 0.2) is 0 Å². The van der Waals surface area contributed by atoms with Gasteiger partial charge in [0.1, 0.15) is 18.1 Å². The van der Waals surface area contributed by atoms with Crippen LogP contribution in [0.25, 0.3) is 0 Å². The molecular formula is C15H26N4O7. The highest BCUT2D eigenvalue weighted by atomic mass is 16.4. The number of rotatable bonds is 10. The van der Waals surface area contributed by atoms with E-state index in [4.69, 9.17) is 15.9 Å². The molecule has 0 heterocycles. The van der Waals surface area contributed by atoms with Crippen molar-refractivity contribution in [1.82, 2.24) is 16.0 Å². The predicted octanol–water partition coefficient (Wildman–Crippen LogP) is -1.98. The van der Waals surface area contributed by atoms with Crippen molar-refractivity contribution >= 4 is 29.7 Å². The van der Waals surface area contributed by atoms with Crippen LogP contribution in [0.5, 0.6) is 0 Å². The van der Waals surface area contributed by atoms with Crippen LogP contribution in [0.4, 0.5) is 0 Å². The van der Waals surface area contributed by atoms with Crippen LogP contribution in [-0.4, -0.2) is 64.0 Å². The molecule has 0 aliphatic carbocycles. The van der Waals surface area contributed by atoms with Crippen LogP contribution < -0.4 is 21.7 Å². The van der Waals surface area contributed by atoms with Crippen molar-refractivity contribution in [3.63, 3.8) is 0 Å². The summed E-state index contributed by atoms with van der Waals surface area (Å²) in [5, 5.41) is 24.3. The molecule has 0 saturated heterocycles. The van der Waals surface area contributed by atoms with E-state index in [2.05, 4.69) is 16.0 Å². The number of nitrogens with two attached hydrogens (primary N) is 1. The topological polar surface area (TPSA) is 188 Å². The Morgan fingerprint density at radius 1 is 0.808 bits per heavy atom. The largest absolute Gasteiger partial charge is 0.481 e. The van der Waals surface area contributed by atoms with E-state index in [0.29, 0.717) is 0 Å². The van der Waals surface area contributed by atoms with Gasteiger partial charge in [-0.2, -0.15) is 0 Å². The Morgan fingerprint density at radius 3 is 1.73 bits per heavy atom. The molecule has 0 bridgehead atoms. The predicted molar refractivity (Wildman–Crippen MR) is 89.8 cm³/mol. The second-order valence-electron chi connectivity index (χ2n) is 6.23. The average Bonchev–Trinajstić information content (AvgIpc) is 2.52. The highest BCUT2D eigenvalue weighted by Gasteiger charge is 2.29. The summed E-state index contributed by atoms with van der Waals surface area (Å²) in [5.41, 5.74) is 5.67. The van der Waals surface area contributed by atoms with Crippen molar-refractivity contribution in [3.8, 4) is 0 Å². The molecule has 0 saturated carbocycles. The molecule has 11 heteroatoms. The van der Waals surface area contributed by atoms with Gasteiger partial charge in [-0.3, -0.25) is 24.0 Å². The minimum Gasteiger partial charge on any atom is -0.481 e. The molecule has 148 valence electrons. The second kappa shape index (κ2) is 10.3. The molecule has 0 aliphatic rings. The van der Waals surface area contributed by atoms with Crippen molar-refractivity contribution in [2.24, 2.45) is 11.7 Å². The van der Waals surface area contributed by atoms with Crippen molar-refractivity contribution < 1.29 is 34.2 Å². The lowest BCUT2D eigenvalue weighted by Crippen LogP contribution is -2.56. The van der Waals surface area contributed by atoms with Crippen molar-refractivity contribution in [2.75, 3.05) is 0 Å². The van der Waals surface area contributed by atoms with Gasteiger partial charge < -0.3 is 31.9 Å². The van der Waals surface area contributed by atoms with Gasteiger partial charge >= 0.3 is 11.9 Å². The average molecular weight is 374 g/mol. The Morgan fingerprint density at radius 2 is 1.31 bits per heavy atom. The maximum Gasteiger partial charge on any atom is 0.325 e. The Labute approximate surface area is 150 Å². The molecule has 11 nitrogen and oxygen atoms in total. The third kappa shape index (κ3) is 7.92. The standard InChI is InChI=1S/C15H26N4O7/c1-6(2)11(16)14(24)17-7(3)12(22)19-9(5-10(20)21)13(23)18-8(4)15(25)26/h6-9,11H,5,16H2,1-4H3,(H,17,24)(H,18,23)(H,19,22)(H,20,21)(H,25,26)/t7-,8-,9-,11-/m0/s1. The number of hydrogen-bond donors (Lipinski definition) is 6. The lowest BCUT2D eigenvalue weighted by molar-refractivity contribution is -0.143. The van der Waals surface area contributed by atoms with E-state index in [-0.39, 0.29) is 5.92 Å². The molecule has 0 radical (unpaired) electrons. The van der Waals surface area contributed by atoms with E-state index in [1.165, 1.54) is 13.8 Å². The minimum absolute atomic E-state index is 0.159. The molecule has 26 heavy (non-hydrogen) atoms. The van der Waals surface area contributed by atoms with Crippen LogP contribution in [0.2, 0.25) is 0 Å². The molecule has 0 rings (SSSR count). The number of carbonyl (C=O) groups is 5. The Kier molecular flexibility index (Phi) is 9.27. The minimum atomic E-state index is -1.50. The van der Waals surface area contributed by atoms with Gasteiger partial charge in [0, 0.05) is 0 Å². The first-order valence-corrected chi connectivity index (χ1v) is 7.98. The molecule has 4 atom stereocenters. The maximum atomic E-state index is 12.1. The van der Waals surface area contributed by atoms with E-state index < -0.39 is 60.2 Å². The number of hydrogen-bond acceptors (Lipinski definition) is 6. The molecule has 0 aromatic carbocycles. The summed E-state index contributed by atoms with van der Waals surface area (Å²) in [6.07, 6.45) is -0.754. The molecule has 7 N–H and O–H groups in total. The monoisotopic (exact) mass is 374 g/mol. The van der Waals surface area contributed by atoms with Crippen LogP contribution in [0.3, 0.4) is 0 Å². The second-order valence-corrected chi connectivity index (χ2v) is 6.23. The van der Waals surface area contributed by atoms with Crippen LogP contribution >= 0.6 is 0 Å². The van der Waals surface area contributed by atoms with E-state index in [1.54, 1.807) is 13.8 Å². The van der Waals surface area contributed by atoms with Crippen molar-refractivity contribution in [1.29, 1.82) is 0 Å². The summed E-state index contributed by atoms with van der Waals surface area (Å²) >= 11 is 0. The van der Waals surface area contributed by atoms with E-state index in [1.807, 2.05) is 0 Å². The summed E-state index contributed by atoms with van der Waals surface area (Å²) in [6, 6.07) is -4.68. The molecule has 0 unspecified atom stereocenters. The highest BCUT2D eigenvalue weighted by Crippen LogP contribution is 2.00. The van der Waals surface area contributed by atoms with Crippen LogP contribution in [0, 0.1) is 5.92 Å². The van der Waals surface area contributed by atoms with Gasteiger partial charge in [0.05, 0.1) is 12.5 Å². The molecule has 3 amide bonds. The fraction of sp³-hybridized carbons (Fsp3) is 0.667. The van der Waals surface area contributed by atoms with Gasteiger partial charge in [0.25, 0.3) is 0 Å². The van der Waals surface area contributed by atoms with E-state index >= 15 is 0 Å². The van der Waals surface area contributed by atoms with Crippen LogP contribution in [0.1, 0.15) is 34.1 Å². The quantitative estimate of drug-likeness (QED) is 0.254. The van der Waals surface area contributed by atoms with Gasteiger partial charge in [-0.1, -0.05) is 13.8 Å². The first kappa shape index (κ1) is 23.3. The fourth-order valence-corrected chi connectivity index (χ4v) is 1.73. The smallest absolute Gasteiger partial charge is 0.325 e. The van der Waals surface area contributed by atoms with Crippen molar-refractivity contribution in [2.45, 2.75) is 58.3 Å². The number of carboxylic acid groups (broad SMARTS) is 2. The van der Waals surface area contributed by atoms with Crippen LogP contribution in [-0.2, 0) is 24.0 Å². The molecule has 0 aliphatic heterocycles. The summed E-state index contributed by atoms with van der Waals surface area (Å²) < 4.78 is 0. The number of carboxylic acids is 2. The Bertz CT molecular complexity index is 564. The van der Waals surface area contributed by atoms with E-state index in [9.17, 15) is 24.0 Å². The number of aliphatic carboxylic acids is 2. The molecule has 0 aromatic heterocycles. The van der Waals surface area contributed by atoms with Gasteiger partial charge in [-0.25, -0.2) is 0 Å². The fourth-order valence-electron chi connectivity index (χ4n) is 1.73. The maximum absolute atomic E-state index is 12.1. The molecular weight excluding hydrogens is 348 g/mol. The van der Waals surface area contributed by atoms with Gasteiger partial charge in [-0.05, 0) is 19.8 Å². The number of carbonyl (C=O) groups excluding carboxylic acids is 3. The molecule has 0 fully saturated rings. The van der Waals surface area contributed by atoms with Gasteiger partial charge in [0.15, 0.2) is 0 Å². The summed E-state index contributed by atoms with van der Waals surface area (Å²) in [5.74, 6) is -5.18. The Balaban J connectivity index is 4.96. The normalized spacial score (nSPS) is 15.3. The number of nitrogens with one attached hydrogen (secondary N) is 3. The molecule has 0 aromatic rings. The summed E-state index contributed by atoms with van der Waals surface area (Å²) in [7, 11) is 0. The third-order valence-electron chi connectivity index (χ3n) is 3.51. The zero-order valence-electron chi connectivity index (χ0n) is 15.1. The van der Waals surface area contributed by atoms with Gasteiger partial charge in [0.2, 0.25) is 17.7 Å². The zero-order chi connectivity index (χ0) is 20.6. The Hall–Kier alpha value is -2.69. The highest BCUT2D eigenvalue weighted by molar-refractivity contribution is 5.95. The first-order valence-electron chi connectivity index (χ1n) is 7.98. The van der Waals surface area contributed by atoms with Gasteiger partial charge in [-0.15, -0.1) is 0 Å². The first-order chi connectivity index (χ1) is 11.9.